The Morgan fingerprint density at radius 3 is 2.28 bits per heavy atom. The molecule has 2 aliphatic rings. The van der Waals surface area contributed by atoms with Crippen molar-refractivity contribution < 1.29 is 13.6 Å². The maximum absolute atomic E-state index is 12.0. The van der Waals surface area contributed by atoms with E-state index in [-0.39, 0.29) is 6.03 Å². The van der Waals surface area contributed by atoms with Gasteiger partial charge in [0, 0.05) is 32.2 Å². The van der Waals surface area contributed by atoms with Crippen LogP contribution in [-0.2, 0) is 11.3 Å². The lowest BCUT2D eigenvalue weighted by molar-refractivity contribution is 0.165. The van der Waals surface area contributed by atoms with E-state index in [1.807, 2.05) is 0 Å². The second-order valence-electron chi connectivity index (χ2n) is 4.93. The molecule has 18 heavy (non-hydrogen) atoms. The lowest BCUT2D eigenvalue weighted by Crippen LogP contribution is -2.53. The van der Waals surface area contributed by atoms with E-state index in [1.165, 1.54) is 23.6 Å². The number of rotatable bonds is 2. The van der Waals surface area contributed by atoms with Crippen LogP contribution in [0.15, 0.2) is 0 Å². The zero-order chi connectivity index (χ0) is 13.0. The first kappa shape index (κ1) is 13.8. The summed E-state index contributed by atoms with van der Waals surface area (Å²) in [6, 6.07) is 0.293. The quantitative estimate of drug-likeness (QED) is 0.732. The third-order valence-electron chi connectivity index (χ3n) is 3.68. The zero-order valence-electron chi connectivity index (χ0n) is 10.5. The first-order valence-electron chi connectivity index (χ1n) is 6.58. The Hall–Kier alpha value is -0.660. The molecule has 7 heteroatoms. The van der Waals surface area contributed by atoms with Crippen LogP contribution in [-0.4, -0.2) is 56.2 Å². The van der Waals surface area contributed by atoms with Crippen molar-refractivity contribution in [2.45, 2.75) is 38.1 Å². The van der Waals surface area contributed by atoms with Gasteiger partial charge in [-0.2, -0.15) is 4.31 Å². The summed E-state index contributed by atoms with van der Waals surface area (Å²) in [5, 5.41) is 3.06. The van der Waals surface area contributed by atoms with Gasteiger partial charge in [0.15, 0.2) is 0 Å². The van der Waals surface area contributed by atoms with E-state index in [0.29, 0.717) is 32.2 Å². The fourth-order valence-corrected chi connectivity index (χ4v) is 3.04. The molecule has 0 spiro atoms. The number of nitrogens with one attached hydrogen (secondary N) is 1. The Morgan fingerprint density at radius 1 is 1.11 bits per heavy atom. The molecule has 0 bridgehead atoms. The van der Waals surface area contributed by atoms with Gasteiger partial charge in [0.1, 0.15) is 0 Å². The fraction of sp³-hybridized carbons (Fsp3) is 0.909. The molecule has 0 aromatic heterocycles. The van der Waals surface area contributed by atoms with Crippen molar-refractivity contribution in [2.75, 3.05) is 26.2 Å². The monoisotopic (exact) mass is 275 g/mol. The highest BCUT2D eigenvalue weighted by Gasteiger charge is 2.25. The van der Waals surface area contributed by atoms with Crippen LogP contribution in [0.4, 0.5) is 4.79 Å². The molecule has 6 nitrogen and oxygen atoms in total. The van der Waals surface area contributed by atoms with Crippen LogP contribution < -0.4 is 5.32 Å². The van der Waals surface area contributed by atoms with Gasteiger partial charge in [-0.3, -0.25) is 4.55 Å². The number of amides is 2. The predicted octanol–water partition coefficient (Wildman–Crippen LogP) is 0.783. The Morgan fingerprint density at radius 2 is 1.72 bits per heavy atom. The maximum atomic E-state index is 12.0. The second-order valence-corrected chi connectivity index (χ2v) is 5.91. The summed E-state index contributed by atoms with van der Waals surface area (Å²) in [6.45, 7) is 1.96. The van der Waals surface area contributed by atoms with Crippen molar-refractivity contribution >= 4 is 17.3 Å². The number of hydrogen-bond donors (Lipinski definition) is 2. The normalized spacial score (nSPS) is 24.8. The molecule has 1 aliphatic heterocycles. The molecule has 1 atom stereocenters. The molecule has 2 fully saturated rings. The summed E-state index contributed by atoms with van der Waals surface area (Å²) in [5.74, 6) is 0. The van der Waals surface area contributed by atoms with E-state index in [9.17, 15) is 9.00 Å². The minimum atomic E-state index is -1.91. The SMILES string of the molecule is O=C(NC1CCCCC1)N1CCN(S(=O)O)CC1. The van der Waals surface area contributed by atoms with Crippen molar-refractivity contribution in [2.24, 2.45) is 0 Å². The van der Waals surface area contributed by atoms with Crippen molar-refractivity contribution in [3.63, 3.8) is 0 Å². The van der Waals surface area contributed by atoms with Crippen molar-refractivity contribution in [1.82, 2.24) is 14.5 Å². The van der Waals surface area contributed by atoms with E-state index in [4.69, 9.17) is 4.55 Å². The highest BCUT2D eigenvalue weighted by atomic mass is 32.2. The van der Waals surface area contributed by atoms with Gasteiger partial charge in [-0.05, 0) is 12.8 Å². The third-order valence-corrected chi connectivity index (χ3v) is 4.49. The number of urea groups is 1. The molecule has 0 aromatic rings. The van der Waals surface area contributed by atoms with Gasteiger partial charge in [-0.1, -0.05) is 19.3 Å². The smallest absolute Gasteiger partial charge is 0.317 e. The van der Waals surface area contributed by atoms with Gasteiger partial charge < -0.3 is 10.2 Å². The maximum Gasteiger partial charge on any atom is 0.317 e. The number of hydrogen-bond acceptors (Lipinski definition) is 2. The summed E-state index contributed by atoms with van der Waals surface area (Å²) >= 11 is -1.91. The van der Waals surface area contributed by atoms with Gasteiger partial charge in [0.25, 0.3) is 0 Å². The van der Waals surface area contributed by atoms with Crippen LogP contribution in [0.25, 0.3) is 0 Å². The van der Waals surface area contributed by atoms with Crippen molar-refractivity contribution in [3.8, 4) is 0 Å². The Bertz CT molecular complexity index is 313. The van der Waals surface area contributed by atoms with Gasteiger partial charge in [0.05, 0.1) is 0 Å². The third kappa shape index (κ3) is 3.66. The van der Waals surface area contributed by atoms with Crippen molar-refractivity contribution in [1.29, 1.82) is 0 Å². The molecular formula is C11H21N3O3S. The molecular weight excluding hydrogens is 254 g/mol. The molecule has 1 saturated heterocycles. The van der Waals surface area contributed by atoms with Crippen LogP contribution in [0, 0.1) is 0 Å². The molecule has 1 unspecified atom stereocenters. The van der Waals surface area contributed by atoms with Crippen LogP contribution >= 0.6 is 0 Å². The first-order chi connectivity index (χ1) is 8.66. The molecule has 2 N–H and O–H groups in total. The number of carbonyl (C=O) groups excluding carboxylic acids is 1. The number of nitrogens with zero attached hydrogens (tertiary/aromatic N) is 2. The summed E-state index contributed by atoms with van der Waals surface area (Å²) in [6.07, 6.45) is 5.82. The van der Waals surface area contributed by atoms with Gasteiger partial charge in [-0.15, -0.1) is 0 Å². The fourth-order valence-electron chi connectivity index (χ4n) is 2.56. The summed E-state index contributed by atoms with van der Waals surface area (Å²) in [5.41, 5.74) is 0. The average Bonchev–Trinajstić information content (AvgIpc) is 2.40. The molecule has 2 amide bonds. The predicted molar refractivity (Wildman–Crippen MR) is 69.3 cm³/mol. The Kier molecular flexibility index (Phi) is 4.96. The molecule has 1 heterocycles. The first-order valence-corrected chi connectivity index (χ1v) is 7.64. The largest absolute Gasteiger partial charge is 0.335 e. The molecule has 1 aliphatic carbocycles. The topological polar surface area (TPSA) is 72.9 Å². The number of piperazine rings is 1. The lowest BCUT2D eigenvalue weighted by Gasteiger charge is -2.34. The Balaban J connectivity index is 1.75. The van der Waals surface area contributed by atoms with E-state index in [0.717, 1.165) is 12.8 Å². The van der Waals surface area contributed by atoms with Crippen molar-refractivity contribution in [3.05, 3.63) is 0 Å². The van der Waals surface area contributed by atoms with Gasteiger partial charge in [-0.25, -0.2) is 9.00 Å². The molecule has 104 valence electrons. The average molecular weight is 275 g/mol. The van der Waals surface area contributed by atoms with E-state index < -0.39 is 11.3 Å². The zero-order valence-corrected chi connectivity index (χ0v) is 11.3. The molecule has 1 saturated carbocycles. The highest BCUT2D eigenvalue weighted by Crippen LogP contribution is 2.17. The second kappa shape index (κ2) is 6.49. The van der Waals surface area contributed by atoms with E-state index >= 15 is 0 Å². The summed E-state index contributed by atoms with van der Waals surface area (Å²) in [7, 11) is 0. The van der Waals surface area contributed by atoms with E-state index in [2.05, 4.69) is 5.32 Å². The van der Waals surface area contributed by atoms with Crippen LogP contribution in [0.3, 0.4) is 0 Å². The minimum absolute atomic E-state index is 0.0229. The molecule has 0 radical (unpaired) electrons. The molecule has 2 rings (SSSR count). The highest BCUT2D eigenvalue weighted by molar-refractivity contribution is 7.76. The van der Waals surface area contributed by atoms with Crippen LogP contribution in [0.2, 0.25) is 0 Å². The number of carbonyl (C=O) groups is 1. The summed E-state index contributed by atoms with van der Waals surface area (Å²) in [4.78, 5) is 13.7. The minimum Gasteiger partial charge on any atom is -0.335 e. The van der Waals surface area contributed by atoms with E-state index in [1.54, 1.807) is 4.90 Å². The van der Waals surface area contributed by atoms with Crippen LogP contribution in [0.5, 0.6) is 0 Å². The van der Waals surface area contributed by atoms with Gasteiger partial charge in [0.2, 0.25) is 11.3 Å². The Labute approximate surface area is 110 Å². The van der Waals surface area contributed by atoms with Gasteiger partial charge >= 0.3 is 6.03 Å². The molecule has 0 aromatic carbocycles. The standard InChI is InChI=1S/C11H21N3O3S/c15-11(12-10-4-2-1-3-5-10)13-6-8-14(9-7-13)18(16)17/h10H,1-9H2,(H,12,15)(H,16,17). The van der Waals surface area contributed by atoms with Crippen LogP contribution in [0.1, 0.15) is 32.1 Å². The summed E-state index contributed by atoms with van der Waals surface area (Å²) < 4.78 is 21.3. The lowest BCUT2D eigenvalue weighted by atomic mass is 9.96.